The van der Waals surface area contributed by atoms with Gasteiger partial charge in [-0.3, -0.25) is 0 Å². The molecule has 0 aliphatic rings. The fourth-order valence-electron chi connectivity index (χ4n) is 2.36. The highest BCUT2D eigenvalue weighted by Gasteiger charge is 2.03. The Morgan fingerprint density at radius 3 is 2.71 bits per heavy atom. The standard InChI is InChI=1S/C17H20N4/c1-2-3-4-12-5-8-14(9-6-12)19-17-20-15-10-7-13(18)11-16(15)21-17/h5-11H,2-4,18H2,1H3,(H2,19,20,21). The number of unbranched alkanes of at least 4 members (excludes halogenated alkanes) is 1. The lowest BCUT2D eigenvalue weighted by atomic mass is 10.1. The number of fused-ring (bicyclic) bond motifs is 1. The lowest BCUT2D eigenvalue weighted by Gasteiger charge is -2.04. The quantitative estimate of drug-likeness (QED) is 0.613. The van der Waals surface area contributed by atoms with Crippen LogP contribution in [0, 0.1) is 0 Å². The summed E-state index contributed by atoms with van der Waals surface area (Å²) in [6.45, 7) is 2.21. The van der Waals surface area contributed by atoms with Crippen molar-refractivity contribution in [1.29, 1.82) is 0 Å². The number of anilines is 3. The van der Waals surface area contributed by atoms with E-state index in [1.54, 1.807) is 0 Å². The maximum Gasteiger partial charge on any atom is 0.205 e. The molecule has 3 aromatic rings. The molecule has 0 aliphatic heterocycles. The topological polar surface area (TPSA) is 66.7 Å². The van der Waals surface area contributed by atoms with Crippen LogP contribution in [-0.4, -0.2) is 9.97 Å². The third-order valence-electron chi connectivity index (χ3n) is 3.54. The Kier molecular flexibility index (Phi) is 3.77. The molecular formula is C17H20N4. The van der Waals surface area contributed by atoms with E-state index in [4.69, 9.17) is 5.73 Å². The van der Waals surface area contributed by atoms with E-state index in [0.29, 0.717) is 0 Å². The minimum absolute atomic E-state index is 0.733. The van der Waals surface area contributed by atoms with Crippen molar-refractivity contribution in [2.75, 3.05) is 11.1 Å². The minimum atomic E-state index is 0.733. The van der Waals surface area contributed by atoms with Crippen molar-refractivity contribution < 1.29 is 0 Å². The fraction of sp³-hybridized carbons (Fsp3) is 0.235. The second-order valence-corrected chi connectivity index (χ2v) is 5.29. The number of aromatic nitrogens is 2. The van der Waals surface area contributed by atoms with Crippen LogP contribution in [0.25, 0.3) is 11.0 Å². The number of benzene rings is 2. The van der Waals surface area contributed by atoms with Crippen LogP contribution >= 0.6 is 0 Å². The van der Waals surface area contributed by atoms with E-state index < -0.39 is 0 Å². The van der Waals surface area contributed by atoms with Crippen LogP contribution in [0.5, 0.6) is 0 Å². The molecule has 4 heteroatoms. The van der Waals surface area contributed by atoms with Crippen LogP contribution in [0.15, 0.2) is 42.5 Å². The SMILES string of the molecule is CCCCc1ccc(Nc2nc3ccc(N)cc3[nH]2)cc1. The molecule has 0 saturated heterocycles. The summed E-state index contributed by atoms with van der Waals surface area (Å²) in [5, 5.41) is 3.29. The molecule has 2 aromatic carbocycles. The first-order valence-electron chi connectivity index (χ1n) is 7.36. The Balaban J connectivity index is 1.75. The number of nitrogens with zero attached hydrogens (tertiary/aromatic N) is 1. The van der Waals surface area contributed by atoms with Gasteiger partial charge >= 0.3 is 0 Å². The first-order valence-corrected chi connectivity index (χ1v) is 7.36. The summed E-state index contributed by atoms with van der Waals surface area (Å²) in [6.07, 6.45) is 3.60. The molecule has 0 bridgehead atoms. The van der Waals surface area contributed by atoms with Crippen molar-refractivity contribution in [3.05, 3.63) is 48.0 Å². The zero-order valence-electron chi connectivity index (χ0n) is 12.2. The number of aryl methyl sites for hydroxylation is 1. The van der Waals surface area contributed by atoms with Gasteiger partial charge in [0, 0.05) is 11.4 Å². The molecule has 0 aliphatic carbocycles. The van der Waals surface area contributed by atoms with Crippen molar-refractivity contribution in [1.82, 2.24) is 9.97 Å². The second kappa shape index (κ2) is 5.87. The summed E-state index contributed by atoms with van der Waals surface area (Å²) < 4.78 is 0. The lowest BCUT2D eigenvalue weighted by molar-refractivity contribution is 0.795. The lowest BCUT2D eigenvalue weighted by Crippen LogP contribution is -1.92. The van der Waals surface area contributed by atoms with E-state index in [9.17, 15) is 0 Å². The van der Waals surface area contributed by atoms with Gasteiger partial charge in [0.2, 0.25) is 5.95 Å². The van der Waals surface area contributed by atoms with Crippen LogP contribution in [0.3, 0.4) is 0 Å². The normalized spacial score (nSPS) is 10.9. The number of nitrogens with two attached hydrogens (primary N) is 1. The predicted molar refractivity (Wildman–Crippen MR) is 88.8 cm³/mol. The number of hydrogen-bond donors (Lipinski definition) is 3. The first kappa shape index (κ1) is 13.5. The van der Waals surface area contributed by atoms with Gasteiger partial charge in [0.15, 0.2) is 0 Å². The summed E-state index contributed by atoms with van der Waals surface area (Å²) in [7, 11) is 0. The van der Waals surface area contributed by atoms with Gasteiger partial charge < -0.3 is 16.0 Å². The van der Waals surface area contributed by atoms with E-state index in [-0.39, 0.29) is 0 Å². The van der Waals surface area contributed by atoms with Crippen LogP contribution in [0.4, 0.5) is 17.3 Å². The maximum absolute atomic E-state index is 5.77. The molecule has 4 N–H and O–H groups in total. The van der Waals surface area contributed by atoms with Gasteiger partial charge in [-0.2, -0.15) is 0 Å². The zero-order valence-corrected chi connectivity index (χ0v) is 12.2. The Bertz CT molecular complexity index is 728. The average molecular weight is 280 g/mol. The number of H-pyrrole nitrogens is 1. The molecule has 0 saturated carbocycles. The molecule has 3 rings (SSSR count). The summed E-state index contributed by atoms with van der Waals surface area (Å²) in [5.41, 5.74) is 10.8. The Morgan fingerprint density at radius 1 is 1.14 bits per heavy atom. The summed E-state index contributed by atoms with van der Waals surface area (Å²) in [4.78, 5) is 7.73. The van der Waals surface area contributed by atoms with E-state index in [1.165, 1.54) is 18.4 Å². The molecule has 1 aromatic heterocycles. The van der Waals surface area contributed by atoms with Crippen LogP contribution < -0.4 is 11.1 Å². The van der Waals surface area contributed by atoms with Gasteiger partial charge in [-0.15, -0.1) is 0 Å². The molecule has 0 fully saturated rings. The number of nitrogens with one attached hydrogen (secondary N) is 2. The molecule has 1 heterocycles. The average Bonchev–Trinajstić information content (AvgIpc) is 2.88. The van der Waals surface area contributed by atoms with Gasteiger partial charge in [0.25, 0.3) is 0 Å². The number of nitrogen functional groups attached to an aromatic ring is 1. The van der Waals surface area contributed by atoms with Crippen LogP contribution in [0.1, 0.15) is 25.3 Å². The minimum Gasteiger partial charge on any atom is -0.399 e. The van der Waals surface area contributed by atoms with Gasteiger partial charge in [0.05, 0.1) is 11.0 Å². The van der Waals surface area contributed by atoms with E-state index in [0.717, 1.165) is 34.8 Å². The third kappa shape index (κ3) is 3.16. The van der Waals surface area contributed by atoms with E-state index in [2.05, 4.69) is 46.5 Å². The molecule has 4 nitrogen and oxygen atoms in total. The van der Waals surface area contributed by atoms with Crippen molar-refractivity contribution in [2.45, 2.75) is 26.2 Å². The number of hydrogen-bond acceptors (Lipinski definition) is 3. The Hall–Kier alpha value is -2.49. The monoisotopic (exact) mass is 280 g/mol. The van der Waals surface area contributed by atoms with Gasteiger partial charge in [-0.25, -0.2) is 4.98 Å². The second-order valence-electron chi connectivity index (χ2n) is 5.29. The molecular weight excluding hydrogens is 260 g/mol. The molecule has 0 radical (unpaired) electrons. The fourth-order valence-corrected chi connectivity index (χ4v) is 2.36. The largest absolute Gasteiger partial charge is 0.399 e. The Labute approximate surface area is 124 Å². The molecule has 21 heavy (non-hydrogen) atoms. The van der Waals surface area contributed by atoms with Gasteiger partial charge in [-0.05, 0) is 48.7 Å². The van der Waals surface area contributed by atoms with Crippen molar-refractivity contribution >= 4 is 28.4 Å². The van der Waals surface area contributed by atoms with Crippen LogP contribution in [0.2, 0.25) is 0 Å². The highest BCUT2D eigenvalue weighted by molar-refractivity contribution is 5.81. The Morgan fingerprint density at radius 2 is 1.95 bits per heavy atom. The zero-order chi connectivity index (χ0) is 14.7. The smallest absolute Gasteiger partial charge is 0.205 e. The molecule has 0 amide bonds. The molecule has 0 atom stereocenters. The van der Waals surface area contributed by atoms with Crippen molar-refractivity contribution in [3.63, 3.8) is 0 Å². The highest BCUT2D eigenvalue weighted by atomic mass is 15.1. The van der Waals surface area contributed by atoms with Gasteiger partial charge in [-0.1, -0.05) is 25.5 Å². The molecule has 108 valence electrons. The maximum atomic E-state index is 5.77. The number of aromatic amines is 1. The third-order valence-corrected chi connectivity index (χ3v) is 3.54. The van der Waals surface area contributed by atoms with E-state index >= 15 is 0 Å². The van der Waals surface area contributed by atoms with Gasteiger partial charge in [0.1, 0.15) is 0 Å². The van der Waals surface area contributed by atoms with Crippen molar-refractivity contribution in [2.24, 2.45) is 0 Å². The number of imidazole rings is 1. The highest BCUT2D eigenvalue weighted by Crippen LogP contribution is 2.20. The summed E-state index contributed by atoms with van der Waals surface area (Å²) >= 11 is 0. The number of rotatable bonds is 5. The van der Waals surface area contributed by atoms with Crippen LogP contribution in [-0.2, 0) is 6.42 Å². The van der Waals surface area contributed by atoms with Crippen molar-refractivity contribution in [3.8, 4) is 0 Å². The summed E-state index contributed by atoms with van der Waals surface area (Å²) in [5.74, 6) is 0.733. The van der Waals surface area contributed by atoms with E-state index in [1.807, 2.05) is 18.2 Å². The first-order chi connectivity index (χ1) is 10.2. The predicted octanol–water partition coefficient (Wildman–Crippen LogP) is 4.23. The summed E-state index contributed by atoms with van der Waals surface area (Å²) in [6, 6.07) is 14.2. The molecule has 0 spiro atoms. The molecule has 0 unspecified atom stereocenters.